The monoisotopic (exact) mass is 337 g/mol. The van der Waals surface area contributed by atoms with Crippen LogP contribution < -0.4 is 10.1 Å². The van der Waals surface area contributed by atoms with Gasteiger partial charge in [-0.05, 0) is 49.9 Å². The van der Waals surface area contributed by atoms with Crippen LogP contribution in [0.1, 0.15) is 55.5 Å². The number of rotatable bonds is 4. The molecule has 0 aliphatic carbocycles. The molecule has 0 fully saturated rings. The molecule has 3 nitrogen and oxygen atoms in total. The van der Waals surface area contributed by atoms with Gasteiger partial charge in [0.15, 0.2) is 0 Å². The lowest BCUT2D eigenvalue weighted by atomic mass is 9.89. The zero-order valence-corrected chi connectivity index (χ0v) is 15.6. The van der Waals surface area contributed by atoms with Crippen LogP contribution in [0.15, 0.2) is 42.5 Å². The predicted molar refractivity (Wildman–Crippen MR) is 101 cm³/mol. The molecule has 1 heterocycles. The summed E-state index contributed by atoms with van der Waals surface area (Å²) in [6.07, 6.45) is 2.19. The molecule has 2 aromatic carbocycles. The van der Waals surface area contributed by atoms with E-state index in [4.69, 9.17) is 4.74 Å². The summed E-state index contributed by atoms with van der Waals surface area (Å²) in [6.45, 7) is 8.33. The second kappa shape index (κ2) is 6.91. The number of hydrogen-bond donors (Lipinski definition) is 1. The summed E-state index contributed by atoms with van der Waals surface area (Å²) in [5, 5.41) is 3.21. The Morgan fingerprint density at radius 1 is 1.16 bits per heavy atom. The number of aryl methyl sites for hydroxylation is 2. The van der Waals surface area contributed by atoms with E-state index < -0.39 is 0 Å². The smallest absolute Gasteiger partial charge is 0.224 e. The van der Waals surface area contributed by atoms with Gasteiger partial charge in [-0.2, -0.15) is 0 Å². The minimum absolute atomic E-state index is 0.0123. The predicted octanol–water partition coefficient (Wildman–Crippen LogP) is 4.52. The number of amides is 1. The van der Waals surface area contributed by atoms with Gasteiger partial charge in [-0.25, -0.2) is 0 Å². The molecule has 1 aliphatic rings. The van der Waals surface area contributed by atoms with Crippen molar-refractivity contribution in [3.8, 4) is 5.75 Å². The van der Waals surface area contributed by atoms with Crippen molar-refractivity contribution in [2.24, 2.45) is 0 Å². The highest BCUT2D eigenvalue weighted by Crippen LogP contribution is 2.39. The fraction of sp³-hybridized carbons (Fsp3) is 0.409. The van der Waals surface area contributed by atoms with Crippen molar-refractivity contribution in [2.75, 3.05) is 0 Å². The molecule has 3 heteroatoms. The summed E-state index contributed by atoms with van der Waals surface area (Å²) in [5.41, 5.74) is 4.28. The summed E-state index contributed by atoms with van der Waals surface area (Å²) >= 11 is 0. The Hall–Kier alpha value is -2.29. The van der Waals surface area contributed by atoms with Crippen molar-refractivity contribution >= 4 is 5.91 Å². The SMILES string of the molecule is CCc1ccc(CC(=O)N[C@@H]2CC(C)(C)Oc3cc(C)ccc32)cc1. The maximum absolute atomic E-state index is 12.6. The molecule has 25 heavy (non-hydrogen) atoms. The highest BCUT2D eigenvalue weighted by atomic mass is 16.5. The highest BCUT2D eigenvalue weighted by Gasteiger charge is 2.34. The van der Waals surface area contributed by atoms with Gasteiger partial charge in [0.1, 0.15) is 11.4 Å². The molecule has 1 atom stereocenters. The van der Waals surface area contributed by atoms with E-state index in [1.54, 1.807) is 0 Å². The van der Waals surface area contributed by atoms with Gasteiger partial charge in [0, 0.05) is 12.0 Å². The zero-order valence-electron chi connectivity index (χ0n) is 15.6. The number of ether oxygens (including phenoxy) is 1. The van der Waals surface area contributed by atoms with Crippen LogP contribution in [0, 0.1) is 6.92 Å². The first-order chi connectivity index (χ1) is 11.9. The van der Waals surface area contributed by atoms with Gasteiger partial charge in [0.2, 0.25) is 5.91 Å². The molecule has 132 valence electrons. The van der Waals surface area contributed by atoms with Crippen molar-refractivity contribution in [3.63, 3.8) is 0 Å². The quantitative estimate of drug-likeness (QED) is 0.891. The van der Waals surface area contributed by atoms with Crippen LogP contribution in [0.4, 0.5) is 0 Å². The van der Waals surface area contributed by atoms with Gasteiger partial charge in [-0.15, -0.1) is 0 Å². The van der Waals surface area contributed by atoms with Gasteiger partial charge in [-0.1, -0.05) is 43.3 Å². The fourth-order valence-corrected chi connectivity index (χ4v) is 3.41. The minimum Gasteiger partial charge on any atom is -0.487 e. The Labute approximate surface area is 150 Å². The second-order valence-corrected chi connectivity index (χ2v) is 7.57. The van der Waals surface area contributed by atoms with E-state index >= 15 is 0 Å². The largest absolute Gasteiger partial charge is 0.487 e. The second-order valence-electron chi connectivity index (χ2n) is 7.57. The summed E-state index contributed by atoms with van der Waals surface area (Å²) in [7, 11) is 0. The van der Waals surface area contributed by atoms with Crippen molar-refractivity contribution < 1.29 is 9.53 Å². The Kier molecular flexibility index (Phi) is 4.85. The third-order valence-corrected chi connectivity index (χ3v) is 4.76. The summed E-state index contributed by atoms with van der Waals surface area (Å²) in [6, 6.07) is 14.5. The van der Waals surface area contributed by atoms with Gasteiger partial charge in [0.05, 0.1) is 12.5 Å². The van der Waals surface area contributed by atoms with E-state index in [2.05, 4.69) is 63.3 Å². The lowest BCUT2D eigenvalue weighted by Gasteiger charge is -2.38. The van der Waals surface area contributed by atoms with E-state index in [0.29, 0.717) is 6.42 Å². The molecule has 0 saturated carbocycles. The van der Waals surface area contributed by atoms with Gasteiger partial charge >= 0.3 is 0 Å². The molecule has 2 aromatic rings. The zero-order chi connectivity index (χ0) is 18.0. The third kappa shape index (κ3) is 4.22. The van der Waals surface area contributed by atoms with E-state index in [9.17, 15) is 4.79 Å². The fourth-order valence-electron chi connectivity index (χ4n) is 3.41. The van der Waals surface area contributed by atoms with E-state index in [0.717, 1.165) is 35.3 Å². The average Bonchev–Trinajstić information content (AvgIpc) is 2.54. The Balaban J connectivity index is 1.74. The molecule has 0 unspecified atom stereocenters. The molecule has 0 spiro atoms. The molecule has 3 rings (SSSR count). The van der Waals surface area contributed by atoms with Gasteiger partial charge < -0.3 is 10.1 Å². The third-order valence-electron chi connectivity index (χ3n) is 4.76. The van der Waals surface area contributed by atoms with Crippen LogP contribution in [0.2, 0.25) is 0 Å². The van der Waals surface area contributed by atoms with Crippen LogP contribution >= 0.6 is 0 Å². The molecular weight excluding hydrogens is 310 g/mol. The Bertz CT molecular complexity index is 762. The summed E-state index contributed by atoms with van der Waals surface area (Å²) in [4.78, 5) is 12.6. The molecule has 1 aliphatic heterocycles. The molecule has 0 aromatic heterocycles. The van der Waals surface area contributed by atoms with E-state index in [-0.39, 0.29) is 17.6 Å². The number of benzene rings is 2. The standard InChI is InChI=1S/C22H27NO2/c1-5-16-7-9-17(10-8-16)13-21(24)23-19-14-22(3,4)25-20-12-15(2)6-11-18(19)20/h6-12,19H,5,13-14H2,1-4H3,(H,23,24)/t19-/m1/s1. The number of nitrogens with one attached hydrogen (secondary N) is 1. The highest BCUT2D eigenvalue weighted by molar-refractivity contribution is 5.79. The first-order valence-corrected chi connectivity index (χ1v) is 9.03. The molecular formula is C22H27NO2. The number of carbonyl (C=O) groups excluding carboxylic acids is 1. The van der Waals surface area contributed by atoms with Crippen molar-refractivity contribution in [3.05, 3.63) is 64.7 Å². The Morgan fingerprint density at radius 3 is 2.52 bits per heavy atom. The molecule has 1 amide bonds. The van der Waals surface area contributed by atoms with Crippen molar-refractivity contribution in [2.45, 2.75) is 58.6 Å². The maximum atomic E-state index is 12.6. The van der Waals surface area contributed by atoms with Crippen LogP contribution in [0.25, 0.3) is 0 Å². The molecule has 0 bridgehead atoms. The first kappa shape index (κ1) is 17.5. The van der Waals surface area contributed by atoms with Crippen LogP contribution in [0.3, 0.4) is 0 Å². The molecule has 1 N–H and O–H groups in total. The first-order valence-electron chi connectivity index (χ1n) is 9.03. The van der Waals surface area contributed by atoms with Crippen LogP contribution in [0.5, 0.6) is 5.75 Å². The molecule has 0 radical (unpaired) electrons. The number of fused-ring (bicyclic) bond motifs is 1. The number of hydrogen-bond acceptors (Lipinski definition) is 2. The topological polar surface area (TPSA) is 38.3 Å². The minimum atomic E-state index is -0.290. The Morgan fingerprint density at radius 2 is 1.84 bits per heavy atom. The van der Waals surface area contributed by atoms with Crippen molar-refractivity contribution in [1.29, 1.82) is 0 Å². The summed E-state index contributed by atoms with van der Waals surface area (Å²) in [5.74, 6) is 0.937. The van der Waals surface area contributed by atoms with Crippen molar-refractivity contribution in [1.82, 2.24) is 5.32 Å². The summed E-state index contributed by atoms with van der Waals surface area (Å²) < 4.78 is 6.10. The molecule has 0 saturated heterocycles. The van der Waals surface area contributed by atoms with E-state index in [1.807, 2.05) is 12.1 Å². The average molecular weight is 337 g/mol. The van der Waals surface area contributed by atoms with E-state index in [1.165, 1.54) is 5.56 Å². The maximum Gasteiger partial charge on any atom is 0.224 e. The van der Waals surface area contributed by atoms with Gasteiger partial charge in [0.25, 0.3) is 0 Å². The number of carbonyl (C=O) groups is 1. The normalized spacial score (nSPS) is 18.2. The van der Waals surface area contributed by atoms with Crippen LogP contribution in [-0.4, -0.2) is 11.5 Å². The van der Waals surface area contributed by atoms with Gasteiger partial charge in [-0.3, -0.25) is 4.79 Å². The van der Waals surface area contributed by atoms with Crippen LogP contribution in [-0.2, 0) is 17.6 Å². The lowest BCUT2D eigenvalue weighted by Crippen LogP contribution is -2.41. The lowest BCUT2D eigenvalue weighted by molar-refractivity contribution is -0.121.